The molecule has 0 N–H and O–H groups in total. The first kappa shape index (κ1) is 22.6. The number of ether oxygens (including phenoxy) is 2. The second kappa shape index (κ2) is 9.10. The zero-order valence-electron chi connectivity index (χ0n) is 17.8. The van der Waals surface area contributed by atoms with Crippen molar-refractivity contribution in [2.75, 3.05) is 6.61 Å². The minimum Gasteiger partial charge on any atom is -0.462 e. The molecule has 0 unspecified atom stereocenters. The van der Waals surface area contributed by atoms with Crippen LogP contribution in [0.3, 0.4) is 0 Å². The van der Waals surface area contributed by atoms with Crippen LogP contribution in [0, 0.1) is 17.5 Å². The summed E-state index contributed by atoms with van der Waals surface area (Å²) >= 11 is 0. The maximum atomic E-state index is 15.0. The fourth-order valence-corrected chi connectivity index (χ4v) is 3.88. The van der Waals surface area contributed by atoms with Crippen LogP contribution < -0.4 is 0 Å². The number of halogens is 3. The summed E-state index contributed by atoms with van der Waals surface area (Å²) < 4.78 is 55.0. The molecule has 7 heteroatoms. The molecule has 0 amide bonds. The normalized spacial score (nSPS) is 14.1. The molecule has 170 valence electrons. The van der Waals surface area contributed by atoms with Crippen molar-refractivity contribution in [3.05, 3.63) is 106 Å². The highest BCUT2D eigenvalue weighted by atomic mass is 19.2. The second-order valence-electron chi connectivity index (χ2n) is 7.82. The third-order valence-corrected chi connectivity index (χ3v) is 5.70. The van der Waals surface area contributed by atoms with Gasteiger partial charge in [-0.15, -0.1) is 0 Å². The maximum Gasteiger partial charge on any atom is 0.341 e. The average molecular weight is 454 g/mol. The number of carbonyl (C=O) groups is 2. The van der Waals surface area contributed by atoms with Crippen LogP contribution in [0.15, 0.2) is 66.7 Å². The van der Waals surface area contributed by atoms with Crippen LogP contribution >= 0.6 is 0 Å². The van der Waals surface area contributed by atoms with Crippen LogP contribution in [-0.2, 0) is 19.7 Å². The van der Waals surface area contributed by atoms with E-state index in [-0.39, 0.29) is 19.4 Å². The molecule has 0 aliphatic heterocycles. The van der Waals surface area contributed by atoms with Gasteiger partial charge in [-0.25, -0.2) is 18.0 Å². The number of esters is 2. The molecule has 1 saturated carbocycles. The minimum absolute atomic E-state index is 0.0834. The van der Waals surface area contributed by atoms with Crippen molar-refractivity contribution in [1.29, 1.82) is 0 Å². The standard InChI is InChI=1S/C26H21F3O4/c1-2-32-24(30)18-15-19(27)20(22(29)21(18)28)26(13-14-26)25(31)33-23(16-9-5-3-6-10-16)17-11-7-4-8-12-17/h3-12,15,23H,2,13-14H2,1H3. The van der Waals surface area contributed by atoms with Gasteiger partial charge >= 0.3 is 11.9 Å². The van der Waals surface area contributed by atoms with Gasteiger partial charge in [0.2, 0.25) is 0 Å². The Hall–Kier alpha value is -3.61. The molecular weight excluding hydrogens is 433 g/mol. The molecular formula is C26H21F3O4. The van der Waals surface area contributed by atoms with Gasteiger partial charge in [0, 0.05) is 5.56 Å². The molecule has 33 heavy (non-hydrogen) atoms. The van der Waals surface area contributed by atoms with Gasteiger partial charge in [0.25, 0.3) is 0 Å². The van der Waals surface area contributed by atoms with Gasteiger partial charge in [0.1, 0.15) is 11.4 Å². The molecule has 0 radical (unpaired) electrons. The summed E-state index contributed by atoms with van der Waals surface area (Å²) in [5, 5.41) is 0. The van der Waals surface area contributed by atoms with E-state index in [0.717, 1.165) is 0 Å². The quantitative estimate of drug-likeness (QED) is 0.342. The lowest BCUT2D eigenvalue weighted by Gasteiger charge is -2.23. The van der Waals surface area contributed by atoms with Crippen LogP contribution in [0.1, 0.15) is 52.9 Å². The number of rotatable bonds is 7. The third kappa shape index (κ3) is 4.23. The predicted molar refractivity (Wildman–Crippen MR) is 114 cm³/mol. The number of carbonyl (C=O) groups excluding carboxylic acids is 2. The van der Waals surface area contributed by atoms with Crippen molar-refractivity contribution < 1.29 is 32.2 Å². The molecule has 1 aliphatic carbocycles. The van der Waals surface area contributed by atoms with E-state index in [9.17, 15) is 22.8 Å². The van der Waals surface area contributed by atoms with Gasteiger partial charge in [0.05, 0.1) is 12.0 Å². The maximum absolute atomic E-state index is 15.0. The fourth-order valence-electron chi connectivity index (χ4n) is 3.88. The summed E-state index contributed by atoms with van der Waals surface area (Å²) in [6.07, 6.45) is -0.630. The van der Waals surface area contributed by atoms with Crippen LogP contribution in [0.25, 0.3) is 0 Å². The Morgan fingerprint density at radius 2 is 1.45 bits per heavy atom. The van der Waals surface area contributed by atoms with E-state index in [1.165, 1.54) is 6.92 Å². The monoisotopic (exact) mass is 454 g/mol. The van der Waals surface area contributed by atoms with Crippen LogP contribution in [-0.4, -0.2) is 18.5 Å². The SMILES string of the molecule is CCOC(=O)c1cc(F)c(C2(C(=O)OC(c3ccccc3)c3ccccc3)CC2)c(F)c1F. The van der Waals surface area contributed by atoms with Gasteiger partial charge < -0.3 is 9.47 Å². The Balaban J connectivity index is 1.70. The Bertz CT molecular complexity index is 1140. The Labute approximate surface area is 189 Å². The molecule has 0 spiro atoms. The first-order valence-corrected chi connectivity index (χ1v) is 10.5. The van der Waals surface area contributed by atoms with E-state index in [4.69, 9.17) is 4.74 Å². The highest BCUT2D eigenvalue weighted by Crippen LogP contribution is 2.52. The van der Waals surface area contributed by atoms with Gasteiger partial charge in [-0.05, 0) is 37.0 Å². The summed E-state index contributed by atoms with van der Waals surface area (Å²) in [7, 11) is 0. The summed E-state index contributed by atoms with van der Waals surface area (Å²) in [5.74, 6) is -6.36. The van der Waals surface area contributed by atoms with Crippen molar-refractivity contribution in [1.82, 2.24) is 0 Å². The molecule has 0 bridgehead atoms. The van der Waals surface area contributed by atoms with Gasteiger partial charge in [-0.1, -0.05) is 60.7 Å². The minimum atomic E-state index is -1.66. The van der Waals surface area contributed by atoms with E-state index in [2.05, 4.69) is 4.74 Å². The number of benzene rings is 3. The molecule has 0 aromatic heterocycles. The van der Waals surface area contributed by atoms with Gasteiger partial charge in [0.15, 0.2) is 17.7 Å². The van der Waals surface area contributed by atoms with Crippen LogP contribution in [0.4, 0.5) is 13.2 Å². The fraction of sp³-hybridized carbons (Fsp3) is 0.231. The van der Waals surface area contributed by atoms with Crippen molar-refractivity contribution in [2.45, 2.75) is 31.3 Å². The third-order valence-electron chi connectivity index (χ3n) is 5.70. The van der Waals surface area contributed by atoms with E-state index in [1.807, 2.05) is 12.1 Å². The van der Waals surface area contributed by atoms with Crippen molar-refractivity contribution in [3.63, 3.8) is 0 Å². The largest absolute Gasteiger partial charge is 0.462 e. The van der Waals surface area contributed by atoms with Gasteiger partial charge in [-0.3, -0.25) is 4.79 Å². The lowest BCUT2D eigenvalue weighted by molar-refractivity contribution is -0.151. The highest BCUT2D eigenvalue weighted by Gasteiger charge is 2.57. The molecule has 4 nitrogen and oxygen atoms in total. The molecule has 0 atom stereocenters. The second-order valence-corrected chi connectivity index (χ2v) is 7.82. The van der Waals surface area contributed by atoms with E-state index >= 15 is 0 Å². The summed E-state index contributed by atoms with van der Waals surface area (Å²) in [4.78, 5) is 25.1. The highest BCUT2D eigenvalue weighted by molar-refractivity contribution is 5.91. The Kier molecular flexibility index (Phi) is 6.22. The molecule has 1 aliphatic rings. The van der Waals surface area contributed by atoms with E-state index < -0.39 is 52.0 Å². The summed E-state index contributed by atoms with van der Waals surface area (Å²) in [6, 6.07) is 18.5. The number of hydrogen-bond donors (Lipinski definition) is 0. The molecule has 4 rings (SSSR count). The summed E-state index contributed by atoms with van der Waals surface area (Å²) in [6.45, 7) is 1.40. The first-order valence-electron chi connectivity index (χ1n) is 10.5. The first-order chi connectivity index (χ1) is 15.9. The smallest absolute Gasteiger partial charge is 0.341 e. The topological polar surface area (TPSA) is 52.6 Å². The number of hydrogen-bond acceptors (Lipinski definition) is 4. The molecule has 0 heterocycles. The van der Waals surface area contributed by atoms with Crippen molar-refractivity contribution in [2.24, 2.45) is 0 Å². The molecule has 3 aromatic rings. The molecule has 1 fully saturated rings. The van der Waals surface area contributed by atoms with E-state index in [1.54, 1.807) is 48.5 Å². The van der Waals surface area contributed by atoms with Crippen LogP contribution in [0.2, 0.25) is 0 Å². The van der Waals surface area contributed by atoms with Gasteiger partial charge in [-0.2, -0.15) is 0 Å². The molecule has 3 aromatic carbocycles. The average Bonchev–Trinajstić information content (AvgIpc) is 3.63. The zero-order chi connectivity index (χ0) is 23.6. The van der Waals surface area contributed by atoms with Crippen LogP contribution in [0.5, 0.6) is 0 Å². The predicted octanol–water partition coefficient (Wildman–Crippen LogP) is 5.65. The van der Waals surface area contributed by atoms with Crippen molar-refractivity contribution in [3.8, 4) is 0 Å². The van der Waals surface area contributed by atoms with Crippen molar-refractivity contribution >= 4 is 11.9 Å². The lowest BCUT2D eigenvalue weighted by Crippen LogP contribution is -2.28. The molecule has 0 saturated heterocycles. The lowest BCUT2D eigenvalue weighted by atomic mass is 9.92. The van der Waals surface area contributed by atoms with E-state index in [0.29, 0.717) is 17.2 Å². The Morgan fingerprint density at radius 1 is 0.909 bits per heavy atom. The summed E-state index contributed by atoms with van der Waals surface area (Å²) in [5.41, 5.74) is -1.89. The Morgan fingerprint density at radius 3 is 1.94 bits per heavy atom. The zero-order valence-corrected chi connectivity index (χ0v) is 17.8.